The minimum absolute atomic E-state index is 0.0699. The zero-order valence-corrected chi connectivity index (χ0v) is 19.1. The number of aromatic nitrogens is 1. The lowest BCUT2D eigenvalue weighted by atomic mass is 10.2. The molecule has 0 radical (unpaired) electrons. The number of hydrogen-bond acceptors (Lipinski definition) is 7. The number of benzene rings is 1. The number of hydrogen-bond donors (Lipinski definition) is 1. The van der Waals surface area contributed by atoms with Crippen molar-refractivity contribution in [3.8, 4) is 22.1 Å². The highest BCUT2D eigenvalue weighted by Gasteiger charge is 2.24. The molecule has 1 N–H and O–H groups in total. The summed E-state index contributed by atoms with van der Waals surface area (Å²) in [5.41, 5.74) is 0.760. The highest BCUT2D eigenvalue weighted by Crippen LogP contribution is 2.39. The Hall–Kier alpha value is -3.21. The van der Waals surface area contributed by atoms with Gasteiger partial charge < -0.3 is 8.83 Å². The maximum atomic E-state index is 12.9. The molecule has 166 valence electrons. The number of amides is 1. The van der Waals surface area contributed by atoms with Crippen LogP contribution in [0.25, 0.3) is 22.1 Å². The van der Waals surface area contributed by atoms with E-state index < -0.39 is 15.9 Å². The summed E-state index contributed by atoms with van der Waals surface area (Å²) < 4.78 is 37.9. The van der Waals surface area contributed by atoms with Crippen molar-refractivity contribution < 1.29 is 22.0 Å². The summed E-state index contributed by atoms with van der Waals surface area (Å²) in [5, 5.41) is 3.09. The average Bonchev–Trinajstić information content (AvgIpc) is 3.55. The van der Waals surface area contributed by atoms with Crippen LogP contribution in [0.2, 0.25) is 0 Å². The summed E-state index contributed by atoms with van der Waals surface area (Å²) in [7, 11) is -3.68. The predicted octanol–water partition coefficient (Wildman–Crippen LogP) is 4.95. The van der Waals surface area contributed by atoms with Gasteiger partial charge in [-0.05, 0) is 42.5 Å². The van der Waals surface area contributed by atoms with E-state index in [1.807, 2.05) is 0 Å². The second-order valence-corrected chi connectivity index (χ2v) is 9.66. The molecule has 0 aliphatic rings. The molecular formula is C22H21N3O5S2. The number of sulfonamides is 1. The van der Waals surface area contributed by atoms with Gasteiger partial charge in [-0.1, -0.05) is 31.3 Å². The third-order valence-electron chi connectivity index (χ3n) is 4.79. The van der Waals surface area contributed by atoms with E-state index in [-0.39, 0.29) is 10.5 Å². The van der Waals surface area contributed by atoms with Crippen LogP contribution in [-0.2, 0) is 10.0 Å². The lowest BCUT2D eigenvalue weighted by Gasteiger charge is -2.18. The van der Waals surface area contributed by atoms with Gasteiger partial charge in [-0.25, -0.2) is 13.4 Å². The van der Waals surface area contributed by atoms with Crippen LogP contribution in [0.1, 0.15) is 24.2 Å². The Bertz CT molecular complexity index is 1250. The van der Waals surface area contributed by atoms with Crippen LogP contribution in [0.4, 0.5) is 5.13 Å². The first-order valence-corrected chi connectivity index (χ1v) is 12.2. The van der Waals surface area contributed by atoms with Crippen LogP contribution in [0, 0.1) is 0 Å². The van der Waals surface area contributed by atoms with Crippen LogP contribution in [0.3, 0.4) is 0 Å². The Morgan fingerprint density at radius 3 is 2.34 bits per heavy atom. The normalized spacial score (nSPS) is 11.7. The first-order valence-electron chi connectivity index (χ1n) is 9.94. The van der Waals surface area contributed by atoms with Gasteiger partial charge in [-0.15, -0.1) is 0 Å². The van der Waals surface area contributed by atoms with E-state index in [0.29, 0.717) is 40.3 Å². The van der Waals surface area contributed by atoms with Crippen LogP contribution in [-0.4, -0.2) is 36.7 Å². The molecule has 0 atom stereocenters. The van der Waals surface area contributed by atoms with Gasteiger partial charge in [0.1, 0.15) is 16.3 Å². The summed E-state index contributed by atoms with van der Waals surface area (Å²) in [6.07, 6.45) is 3.10. The molecule has 4 rings (SSSR count). The molecule has 3 aromatic heterocycles. The van der Waals surface area contributed by atoms with Crippen molar-refractivity contribution in [2.45, 2.75) is 18.7 Å². The predicted molar refractivity (Wildman–Crippen MR) is 122 cm³/mol. The van der Waals surface area contributed by atoms with E-state index in [4.69, 9.17) is 8.83 Å². The first kappa shape index (κ1) is 22.0. The molecule has 10 heteroatoms. The molecular weight excluding hydrogens is 450 g/mol. The Kier molecular flexibility index (Phi) is 6.26. The lowest BCUT2D eigenvalue weighted by molar-refractivity contribution is 0.102. The Labute approximate surface area is 189 Å². The van der Waals surface area contributed by atoms with Gasteiger partial charge in [-0.2, -0.15) is 4.31 Å². The Morgan fingerprint density at radius 1 is 1.03 bits per heavy atom. The third kappa shape index (κ3) is 4.24. The quantitative estimate of drug-likeness (QED) is 0.390. The fourth-order valence-corrected chi connectivity index (χ4v) is 5.65. The zero-order valence-electron chi connectivity index (χ0n) is 17.4. The van der Waals surface area contributed by atoms with E-state index in [0.717, 1.165) is 0 Å². The fourth-order valence-electron chi connectivity index (χ4n) is 3.21. The fraction of sp³-hybridized carbons (Fsp3) is 0.182. The maximum absolute atomic E-state index is 12.9. The first-order chi connectivity index (χ1) is 15.4. The van der Waals surface area contributed by atoms with E-state index in [1.165, 1.54) is 27.8 Å². The molecule has 0 saturated carbocycles. The maximum Gasteiger partial charge on any atom is 0.257 e. The van der Waals surface area contributed by atoms with Gasteiger partial charge >= 0.3 is 0 Å². The summed E-state index contributed by atoms with van der Waals surface area (Å²) in [6.45, 7) is 4.24. The van der Waals surface area contributed by atoms with Gasteiger partial charge in [0.15, 0.2) is 10.9 Å². The van der Waals surface area contributed by atoms with E-state index >= 15 is 0 Å². The van der Waals surface area contributed by atoms with Crippen molar-refractivity contribution in [3.05, 3.63) is 66.6 Å². The molecule has 32 heavy (non-hydrogen) atoms. The number of thiazole rings is 1. The number of nitrogens with zero attached hydrogens (tertiary/aromatic N) is 2. The number of nitrogens with one attached hydrogen (secondary N) is 1. The van der Waals surface area contributed by atoms with Crippen molar-refractivity contribution >= 4 is 32.4 Å². The van der Waals surface area contributed by atoms with Crippen molar-refractivity contribution in [1.82, 2.24) is 9.29 Å². The summed E-state index contributed by atoms with van der Waals surface area (Å²) in [4.78, 5) is 18.2. The molecule has 0 saturated heterocycles. The van der Waals surface area contributed by atoms with Gasteiger partial charge in [0.2, 0.25) is 10.0 Å². The number of furan rings is 2. The lowest BCUT2D eigenvalue weighted by Crippen LogP contribution is -2.30. The summed E-state index contributed by atoms with van der Waals surface area (Å²) in [5.74, 6) is 0.675. The molecule has 1 aromatic carbocycles. The molecule has 4 aromatic rings. The van der Waals surface area contributed by atoms with E-state index in [2.05, 4.69) is 10.3 Å². The Balaban J connectivity index is 1.64. The standard InChI is InChI=1S/C22H21N3O5S2/c1-3-25(4-2)32(27,28)16-9-5-8-15(14-16)21(26)24-22-23-19(17-10-6-12-29-17)20(31-22)18-11-7-13-30-18/h5-14H,3-4H2,1-2H3,(H,23,24,26). The third-order valence-corrected chi connectivity index (χ3v) is 7.82. The molecule has 0 aliphatic heterocycles. The van der Waals surface area contributed by atoms with Gasteiger partial charge in [0.25, 0.3) is 5.91 Å². The molecule has 0 spiro atoms. The van der Waals surface area contributed by atoms with Gasteiger partial charge in [0, 0.05) is 18.7 Å². The van der Waals surface area contributed by atoms with E-state index in [1.54, 1.807) is 62.8 Å². The van der Waals surface area contributed by atoms with E-state index in [9.17, 15) is 13.2 Å². The van der Waals surface area contributed by atoms with Gasteiger partial charge in [-0.3, -0.25) is 10.1 Å². The minimum Gasteiger partial charge on any atom is -0.463 e. The van der Waals surface area contributed by atoms with Crippen LogP contribution in [0.5, 0.6) is 0 Å². The number of anilines is 1. The second kappa shape index (κ2) is 9.11. The number of carbonyl (C=O) groups excluding carboxylic acids is 1. The highest BCUT2D eigenvalue weighted by molar-refractivity contribution is 7.89. The zero-order chi connectivity index (χ0) is 22.7. The van der Waals surface area contributed by atoms with Gasteiger partial charge in [0.05, 0.1) is 17.4 Å². The molecule has 0 bridgehead atoms. The molecule has 0 fully saturated rings. The number of carbonyl (C=O) groups is 1. The topological polar surface area (TPSA) is 106 Å². The van der Waals surface area contributed by atoms with Crippen LogP contribution < -0.4 is 5.32 Å². The largest absolute Gasteiger partial charge is 0.463 e. The van der Waals surface area contributed by atoms with Crippen molar-refractivity contribution in [2.75, 3.05) is 18.4 Å². The van der Waals surface area contributed by atoms with Crippen LogP contribution in [0.15, 0.2) is 74.8 Å². The van der Waals surface area contributed by atoms with Crippen molar-refractivity contribution in [3.63, 3.8) is 0 Å². The summed E-state index contributed by atoms with van der Waals surface area (Å²) >= 11 is 1.24. The van der Waals surface area contributed by atoms with Crippen molar-refractivity contribution in [1.29, 1.82) is 0 Å². The number of rotatable bonds is 8. The summed E-state index contributed by atoms with van der Waals surface area (Å²) in [6, 6.07) is 13.1. The van der Waals surface area contributed by atoms with Crippen molar-refractivity contribution in [2.24, 2.45) is 0 Å². The molecule has 8 nitrogen and oxygen atoms in total. The minimum atomic E-state index is -3.68. The van der Waals surface area contributed by atoms with Crippen LogP contribution >= 0.6 is 11.3 Å². The molecule has 0 aliphatic carbocycles. The SMILES string of the molecule is CCN(CC)S(=O)(=O)c1cccc(C(=O)Nc2nc(-c3ccco3)c(-c3ccco3)s2)c1. The Morgan fingerprint density at radius 2 is 1.72 bits per heavy atom. The molecule has 1 amide bonds. The average molecular weight is 472 g/mol. The highest BCUT2D eigenvalue weighted by atomic mass is 32.2. The second-order valence-electron chi connectivity index (χ2n) is 6.72. The smallest absolute Gasteiger partial charge is 0.257 e. The molecule has 0 unspecified atom stereocenters. The molecule has 3 heterocycles. The monoisotopic (exact) mass is 471 g/mol.